The Labute approximate surface area is 103 Å². The van der Waals surface area contributed by atoms with Crippen molar-refractivity contribution in [3.05, 3.63) is 34.3 Å². The fraction of sp³-hybridized carbons (Fsp3) is 0.364. The lowest BCUT2D eigenvalue weighted by molar-refractivity contribution is -0.126. The zero-order chi connectivity index (χ0) is 12.0. The van der Waals surface area contributed by atoms with Gasteiger partial charge in [-0.25, -0.2) is 0 Å². The molecule has 0 saturated heterocycles. The second kappa shape index (κ2) is 6.62. The molecule has 0 heterocycles. The summed E-state index contributed by atoms with van der Waals surface area (Å²) >= 11 is 3.41. The Hall–Kier alpha value is -0.910. The number of nitrogens with one attached hydrogen (secondary N) is 1. The first kappa shape index (κ1) is 13.2. The van der Waals surface area contributed by atoms with Gasteiger partial charge in [-0.2, -0.15) is 5.48 Å². The Morgan fingerprint density at radius 3 is 2.94 bits per heavy atom. The van der Waals surface area contributed by atoms with Crippen molar-refractivity contribution in [3.8, 4) is 0 Å². The molecule has 0 radical (unpaired) electrons. The summed E-state index contributed by atoms with van der Waals surface area (Å²) in [7, 11) is 0. The molecule has 0 aromatic heterocycles. The van der Waals surface area contributed by atoms with E-state index in [1.54, 1.807) is 0 Å². The summed E-state index contributed by atoms with van der Waals surface area (Å²) < 4.78 is 1.01. The third-order valence-electron chi connectivity index (χ3n) is 2.10. The molecule has 0 aliphatic rings. The highest BCUT2D eigenvalue weighted by Gasteiger charge is 2.09. The molecule has 4 nitrogen and oxygen atoms in total. The van der Waals surface area contributed by atoms with Crippen LogP contribution in [0.5, 0.6) is 0 Å². The molecule has 0 aliphatic heterocycles. The van der Waals surface area contributed by atoms with Crippen LogP contribution in [0.2, 0.25) is 0 Å². The van der Waals surface area contributed by atoms with Crippen LogP contribution in [0.25, 0.3) is 0 Å². The van der Waals surface area contributed by atoms with Crippen molar-refractivity contribution in [2.24, 2.45) is 5.73 Å². The number of hydrogen-bond donors (Lipinski definition) is 2. The highest BCUT2D eigenvalue weighted by atomic mass is 79.9. The average Bonchev–Trinajstić information content (AvgIpc) is 2.24. The molecule has 5 heteroatoms. The maximum atomic E-state index is 10.5. The number of benzene rings is 1. The SMILES string of the molecule is CCC(NOCC(N)=O)c1cccc(Br)c1. The predicted molar refractivity (Wildman–Crippen MR) is 65.5 cm³/mol. The summed E-state index contributed by atoms with van der Waals surface area (Å²) in [6, 6.07) is 7.98. The van der Waals surface area contributed by atoms with Gasteiger partial charge in [0.05, 0.1) is 6.04 Å². The Bertz CT molecular complexity index is 358. The van der Waals surface area contributed by atoms with Crippen molar-refractivity contribution in [1.82, 2.24) is 5.48 Å². The second-order valence-corrected chi connectivity index (χ2v) is 4.30. The van der Waals surface area contributed by atoms with Crippen molar-refractivity contribution >= 4 is 21.8 Å². The lowest BCUT2D eigenvalue weighted by Gasteiger charge is -2.16. The molecule has 88 valence electrons. The van der Waals surface area contributed by atoms with Crippen molar-refractivity contribution < 1.29 is 9.63 Å². The predicted octanol–water partition coefficient (Wildman–Crippen LogP) is 1.91. The van der Waals surface area contributed by atoms with E-state index >= 15 is 0 Å². The van der Waals surface area contributed by atoms with Crippen LogP contribution in [0.1, 0.15) is 24.9 Å². The average molecular weight is 287 g/mol. The van der Waals surface area contributed by atoms with Crippen molar-refractivity contribution in [2.75, 3.05) is 6.61 Å². The summed E-state index contributed by atoms with van der Waals surface area (Å²) in [5.74, 6) is -0.489. The number of nitrogens with two attached hydrogens (primary N) is 1. The molecule has 0 aliphatic carbocycles. The van der Waals surface area contributed by atoms with E-state index in [1.807, 2.05) is 31.2 Å². The van der Waals surface area contributed by atoms with Crippen LogP contribution in [-0.2, 0) is 9.63 Å². The van der Waals surface area contributed by atoms with E-state index in [0.717, 1.165) is 16.5 Å². The Kier molecular flexibility index (Phi) is 5.45. The van der Waals surface area contributed by atoms with Gasteiger partial charge in [-0.3, -0.25) is 9.63 Å². The molecule has 1 aromatic carbocycles. The van der Waals surface area contributed by atoms with Gasteiger partial charge in [0.25, 0.3) is 0 Å². The van der Waals surface area contributed by atoms with Gasteiger partial charge in [0.1, 0.15) is 6.61 Å². The number of carbonyl (C=O) groups excluding carboxylic acids is 1. The van der Waals surface area contributed by atoms with Crippen LogP contribution in [0.15, 0.2) is 28.7 Å². The van der Waals surface area contributed by atoms with Gasteiger partial charge in [-0.15, -0.1) is 0 Å². The van der Waals surface area contributed by atoms with E-state index < -0.39 is 5.91 Å². The van der Waals surface area contributed by atoms with E-state index in [1.165, 1.54) is 0 Å². The van der Waals surface area contributed by atoms with Crippen LogP contribution in [0.4, 0.5) is 0 Å². The first-order valence-electron chi connectivity index (χ1n) is 5.04. The minimum absolute atomic E-state index is 0.0526. The van der Waals surface area contributed by atoms with Crippen LogP contribution in [0.3, 0.4) is 0 Å². The molecule has 16 heavy (non-hydrogen) atoms. The molecular formula is C11H15BrN2O2. The van der Waals surface area contributed by atoms with E-state index in [4.69, 9.17) is 10.6 Å². The van der Waals surface area contributed by atoms with E-state index in [9.17, 15) is 4.79 Å². The topological polar surface area (TPSA) is 64.3 Å². The lowest BCUT2D eigenvalue weighted by atomic mass is 10.1. The molecule has 1 unspecified atom stereocenters. The van der Waals surface area contributed by atoms with Gasteiger partial charge >= 0.3 is 0 Å². The molecular weight excluding hydrogens is 272 g/mol. The Morgan fingerprint density at radius 2 is 2.38 bits per heavy atom. The minimum Gasteiger partial charge on any atom is -0.368 e. The van der Waals surface area contributed by atoms with Crippen LogP contribution in [-0.4, -0.2) is 12.5 Å². The Morgan fingerprint density at radius 1 is 1.62 bits per heavy atom. The summed E-state index contributed by atoms with van der Waals surface area (Å²) in [4.78, 5) is 15.5. The largest absolute Gasteiger partial charge is 0.368 e. The first-order valence-corrected chi connectivity index (χ1v) is 5.84. The molecule has 1 atom stereocenters. The third kappa shape index (κ3) is 4.30. The number of primary amides is 1. The monoisotopic (exact) mass is 286 g/mol. The summed E-state index contributed by atoms with van der Waals surface area (Å²) in [5.41, 5.74) is 8.89. The highest BCUT2D eigenvalue weighted by Crippen LogP contribution is 2.20. The number of hydrogen-bond acceptors (Lipinski definition) is 3. The van der Waals surface area contributed by atoms with Gasteiger partial charge in [0.2, 0.25) is 5.91 Å². The molecule has 3 N–H and O–H groups in total. The summed E-state index contributed by atoms with van der Waals surface area (Å²) in [6.07, 6.45) is 0.856. The van der Waals surface area contributed by atoms with E-state index in [0.29, 0.717) is 0 Å². The molecule has 0 saturated carbocycles. The van der Waals surface area contributed by atoms with Gasteiger partial charge in [-0.05, 0) is 24.1 Å². The molecule has 1 amide bonds. The standard InChI is InChI=1S/C11H15BrN2O2/c1-2-10(14-16-7-11(13)15)8-4-3-5-9(12)6-8/h3-6,10,14H,2,7H2,1H3,(H2,13,15). The van der Waals surface area contributed by atoms with Gasteiger partial charge in [0, 0.05) is 4.47 Å². The van der Waals surface area contributed by atoms with Gasteiger partial charge in [0.15, 0.2) is 0 Å². The van der Waals surface area contributed by atoms with Crippen LogP contribution < -0.4 is 11.2 Å². The molecule has 1 aromatic rings. The zero-order valence-electron chi connectivity index (χ0n) is 9.07. The number of carbonyl (C=O) groups is 1. The molecule has 0 bridgehead atoms. The number of hydroxylamine groups is 1. The summed E-state index contributed by atoms with van der Waals surface area (Å²) in [5, 5.41) is 0. The second-order valence-electron chi connectivity index (χ2n) is 3.39. The maximum absolute atomic E-state index is 10.5. The molecule has 0 fully saturated rings. The fourth-order valence-electron chi connectivity index (χ4n) is 1.32. The third-order valence-corrected chi connectivity index (χ3v) is 2.59. The van der Waals surface area contributed by atoms with E-state index in [-0.39, 0.29) is 12.6 Å². The van der Waals surface area contributed by atoms with Gasteiger partial charge in [-0.1, -0.05) is 35.0 Å². The van der Waals surface area contributed by atoms with Crippen molar-refractivity contribution in [1.29, 1.82) is 0 Å². The Balaban J connectivity index is 2.57. The molecule has 1 rings (SSSR count). The highest BCUT2D eigenvalue weighted by molar-refractivity contribution is 9.10. The van der Waals surface area contributed by atoms with Crippen molar-refractivity contribution in [3.63, 3.8) is 0 Å². The number of amides is 1. The maximum Gasteiger partial charge on any atom is 0.245 e. The van der Waals surface area contributed by atoms with Crippen LogP contribution >= 0.6 is 15.9 Å². The van der Waals surface area contributed by atoms with Crippen molar-refractivity contribution in [2.45, 2.75) is 19.4 Å². The minimum atomic E-state index is -0.489. The quantitative estimate of drug-likeness (QED) is 0.785. The number of rotatable bonds is 6. The smallest absolute Gasteiger partial charge is 0.245 e. The molecule has 0 spiro atoms. The first-order chi connectivity index (χ1) is 7.63. The summed E-state index contributed by atoms with van der Waals surface area (Å²) in [6.45, 7) is 1.91. The zero-order valence-corrected chi connectivity index (χ0v) is 10.7. The van der Waals surface area contributed by atoms with E-state index in [2.05, 4.69) is 21.4 Å². The normalized spacial score (nSPS) is 12.4. The lowest BCUT2D eigenvalue weighted by Crippen LogP contribution is -2.27. The van der Waals surface area contributed by atoms with Gasteiger partial charge < -0.3 is 5.73 Å². The number of halogens is 1. The fourth-order valence-corrected chi connectivity index (χ4v) is 1.74. The van der Waals surface area contributed by atoms with Crippen LogP contribution in [0, 0.1) is 0 Å².